The molecular formula is C14H13ClN4O. The van der Waals surface area contributed by atoms with Gasteiger partial charge in [0, 0.05) is 6.54 Å². The molecule has 0 spiro atoms. The van der Waals surface area contributed by atoms with Crippen LogP contribution in [0.4, 0.5) is 0 Å². The quantitative estimate of drug-likeness (QED) is 0.695. The molecule has 0 bridgehead atoms. The van der Waals surface area contributed by atoms with Gasteiger partial charge in [0.1, 0.15) is 0 Å². The molecule has 0 saturated heterocycles. The van der Waals surface area contributed by atoms with E-state index in [1.807, 2.05) is 41.8 Å². The predicted octanol–water partition coefficient (Wildman–Crippen LogP) is 2.31. The highest BCUT2D eigenvalue weighted by molar-refractivity contribution is 6.28. The summed E-state index contributed by atoms with van der Waals surface area (Å²) in [6.45, 7) is 2.93. The molecule has 3 rings (SSSR count). The molecule has 5 nitrogen and oxygen atoms in total. The van der Waals surface area contributed by atoms with E-state index in [1.165, 1.54) is 4.57 Å². The molecule has 0 N–H and O–H groups in total. The Morgan fingerprint density at radius 2 is 2.00 bits per heavy atom. The number of fused-ring (bicyclic) bond motifs is 1. The van der Waals surface area contributed by atoms with Gasteiger partial charge in [-0.25, -0.2) is 4.98 Å². The van der Waals surface area contributed by atoms with Gasteiger partial charge in [0.2, 0.25) is 5.28 Å². The maximum atomic E-state index is 12.2. The van der Waals surface area contributed by atoms with Gasteiger partial charge >= 0.3 is 0 Å². The van der Waals surface area contributed by atoms with E-state index in [0.717, 1.165) is 5.56 Å². The van der Waals surface area contributed by atoms with Gasteiger partial charge in [0.15, 0.2) is 11.2 Å². The van der Waals surface area contributed by atoms with Crippen molar-refractivity contribution in [3.63, 3.8) is 0 Å². The molecule has 102 valence electrons. The van der Waals surface area contributed by atoms with Crippen molar-refractivity contribution < 1.29 is 0 Å². The van der Waals surface area contributed by atoms with Crippen LogP contribution in [0.3, 0.4) is 0 Å². The molecule has 0 fully saturated rings. The van der Waals surface area contributed by atoms with E-state index in [9.17, 15) is 4.79 Å². The number of nitrogens with zero attached hydrogens (tertiary/aromatic N) is 4. The molecule has 0 amide bonds. The zero-order valence-electron chi connectivity index (χ0n) is 11.0. The van der Waals surface area contributed by atoms with Crippen molar-refractivity contribution in [3.05, 3.63) is 57.9 Å². The molecule has 0 aliphatic rings. The van der Waals surface area contributed by atoms with Gasteiger partial charge in [-0.3, -0.25) is 9.36 Å². The number of aromatic nitrogens is 4. The van der Waals surface area contributed by atoms with Crippen LogP contribution in [0.25, 0.3) is 11.2 Å². The number of rotatable bonds is 3. The highest BCUT2D eigenvalue weighted by Gasteiger charge is 2.13. The van der Waals surface area contributed by atoms with Crippen LogP contribution in [-0.4, -0.2) is 19.1 Å². The van der Waals surface area contributed by atoms with Crippen molar-refractivity contribution in [2.75, 3.05) is 0 Å². The first-order chi connectivity index (χ1) is 9.70. The number of benzene rings is 1. The van der Waals surface area contributed by atoms with Crippen molar-refractivity contribution in [3.8, 4) is 0 Å². The van der Waals surface area contributed by atoms with Gasteiger partial charge in [-0.05, 0) is 24.1 Å². The second kappa shape index (κ2) is 5.09. The second-order valence-electron chi connectivity index (χ2n) is 4.46. The fourth-order valence-electron chi connectivity index (χ4n) is 2.17. The summed E-state index contributed by atoms with van der Waals surface area (Å²) < 4.78 is 3.24. The Morgan fingerprint density at radius 1 is 1.25 bits per heavy atom. The largest absolute Gasteiger partial charge is 0.311 e. The highest BCUT2D eigenvalue weighted by atomic mass is 35.5. The molecule has 0 saturated carbocycles. The Morgan fingerprint density at radius 3 is 2.70 bits per heavy atom. The minimum atomic E-state index is -0.200. The average molecular weight is 289 g/mol. The van der Waals surface area contributed by atoms with Crippen molar-refractivity contribution in [1.82, 2.24) is 19.1 Å². The highest BCUT2D eigenvalue weighted by Crippen LogP contribution is 2.12. The van der Waals surface area contributed by atoms with Crippen molar-refractivity contribution in [1.29, 1.82) is 0 Å². The summed E-state index contributed by atoms with van der Waals surface area (Å²) in [5, 5.41) is 0.194. The zero-order valence-corrected chi connectivity index (χ0v) is 11.7. The van der Waals surface area contributed by atoms with Crippen LogP contribution < -0.4 is 5.56 Å². The Kier molecular flexibility index (Phi) is 3.28. The van der Waals surface area contributed by atoms with Crippen LogP contribution in [0.2, 0.25) is 5.28 Å². The van der Waals surface area contributed by atoms with Crippen LogP contribution in [-0.2, 0) is 13.1 Å². The summed E-state index contributed by atoms with van der Waals surface area (Å²) in [6.07, 6.45) is 1.63. The number of hydrogen-bond donors (Lipinski definition) is 0. The van der Waals surface area contributed by atoms with Crippen LogP contribution in [0.5, 0.6) is 0 Å². The molecule has 0 radical (unpaired) electrons. The molecule has 0 atom stereocenters. The van der Waals surface area contributed by atoms with Crippen molar-refractivity contribution >= 4 is 22.8 Å². The van der Waals surface area contributed by atoms with E-state index in [4.69, 9.17) is 11.6 Å². The lowest BCUT2D eigenvalue weighted by Crippen LogP contribution is -2.21. The Bertz CT molecular complexity index is 807. The van der Waals surface area contributed by atoms with E-state index < -0.39 is 0 Å². The van der Waals surface area contributed by atoms with Crippen molar-refractivity contribution in [2.24, 2.45) is 0 Å². The summed E-state index contributed by atoms with van der Waals surface area (Å²) in [6, 6.07) is 9.93. The minimum Gasteiger partial charge on any atom is -0.311 e. The van der Waals surface area contributed by atoms with Crippen molar-refractivity contribution in [2.45, 2.75) is 20.0 Å². The standard InChI is InChI=1S/C14H13ClN4O/c1-2-19-13(20)11-12(17-14(19)15)18(9-16-11)8-10-6-4-3-5-7-10/h3-7,9H,2,8H2,1H3. The minimum absolute atomic E-state index is 0.194. The summed E-state index contributed by atoms with van der Waals surface area (Å²) in [5.41, 5.74) is 1.79. The Hall–Kier alpha value is -2.14. The lowest BCUT2D eigenvalue weighted by atomic mass is 10.2. The predicted molar refractivity (Wildman–Crippen MR) is 78.0 cm³/mol. The maximum Gasteiger partial charge on any atom is 0.282 e. The average Bonchev–Trinajstić information content (AvgIpc) is 2.84. The third-order valence-electron chi connectivity index (χ3n) is 3.19. The third kappa shape index (κ3) is 2.10. The topological polar surface area (TPSA) is 52.7 Å². The summed E-state index contributed by atoms with van der Waals surface area (Å²) in [7, 11) is 0. The Balaban J connectivity index is 2.13. The SMILES string of the molecule is CCn1c(Cl)nc2c(ncn2Cc2ccccc2)c1=O. The lowest BCUT2D eigenvalue weighted by molar-refractivity contribution is 0.713. The molecule has 2 heterocycles. The van der Waals surface area contributed by atoms with Gasteiger partial charge in [-0.1, -0.05) is 30.3 Å². The fourth-order valence-corrected chi connectivity index (χ4v) is 2.45. The number of halogens is 1. The first-order valence-corrected chi connectivity index (χ1v) is 6.73. The number of imidazole rings is 1. The maximum absolute atomic E-state index is 12.2. The van der Waals surface area contributed by atoms with E-state index in [0.29, 0.717) is 24.3 Å². The van der Waals surface area contributed by atoms with Gasteiger partial charge in [0.05, 0.1) is 12.9 Å². The van der Waals surface area contributed by atoms with Gasteiger partial charge in [-0.15, -0.1) is 0 Å². The van der Waals surface area contributed by atoms with Gasteiger partial charge in [-0.2, -0.15) is 4.98 Å². The Labute approximate surface area is 120 Å². The molecule has 0 aliphatic carbocycles. The number of hydrogen-bond acceptors (Lipinski definition) is 3. The molecule has 20 heavy (non-hydrogen) atoms. The van der Waals surface area contributed by atoms with Gasteiger partial charge in [0.25, 0.3) is 5.56 Å². The van der Waals surface area contributed by atoms with E-state index >= 15 is 0 Å². The van der Waals surface area contributed by atoms with Crippen LogP contribution >= 0.6 is 11.6 Å². The fraction of sp³-hybridized carbons (Fsp3) is 0.214. The zero-order chi connectivity index (χ0) is 14.1. The lowest BCUT2D eigenvalue weighted by Gasteiger charge is -2.06. The van der Waals surface area contributed by atoms with Crippen LogP contribution in [0.15, 0.2) is 41.5 Å². The molecule has 3 aromatic rings. The second-order valence-corrected chi connectivity index (χ2v) is 4.80. The molecule has 6 heteroatoms. The summed E-state index contributed by atoms with van der Waals surface area (Å²) in [4.78, 5) is 20.7. The van der Waals surface area contributed by atoms with E-state index in [2.05, 4.69) is 9.97 Å². The van der Waals surface area contributed by atoms with Crippen LogP contribution in [0, 0.1) is 0 Å². The van der Waals surface area contributed by atoms with E-state index in [1.54, 1.807) is 6.33 Å². The summed E-state index contributed by atoms with van der Waals surface area (Å²) in [5.74, 6) is 0. The summed E-state index contributed by atoms with van der Waals surface area (Å²) >= 11 is 6.05. The molecular weight excluding hydrogens is 276 g/mol. The van der Waals surface area contributed by atoms with E-state index in [-0.39, 0.29) is 10.8 Å². The van der Waals surface area contributed by atoms with Crippen LogP contribution in [0.1, 0.15) is 12.5 Å². The molecule has 0 aliphatic heterocycles. The first kappa shape index (κ1) is 12.9. The molecule has 1 aromatic carbocycles. The third-order valence-corrected chi connectivity index (χ3v) is 3.48. The smallest absolute Gasteiger partial charge is 0.282 e. The van der Waals surface area contributed by atoms with Gasteiger partial charge < -0.3 is 4.57 Å². The molecule has 0 unspecified atom stereocenters. The monoisotopic (exact) mass is 288 g/mol. The normalized spacial score (nSPS) is 11.1. The first-order valence-electron chi connectivity index (χ1n) is 6.35. The molecule has 2 aromatic heterocycles.